The Balaban J connectivity index is 1.69. The van der Waals surface area contributed by atoms with Gasteiger partial charge in [-0.3, -0.25) is 9.89 Å². The molecule has 0 radical (unpaired) electrons. The summed E-state index contributed by atoms with van der Waals surface area (Å²) in [6.07, 6.45) is 0. The highest BCUT2D eigenvalue weighted by atomic mass is 32.2. The molecule has 0 spiro atoms. The molecule has 1 aliphatic rings. The molecule has 3 heterocycles. The van der Waals surface area contributed by atoms with Gasteiger partial charge in [-0.15, -0.1) is 0 Å². The maximum Gasteiger partial charge on any atom is 0.221 e. The normalized spacial score (nSPS) is 13.6. The topological polar surface area (TPSA) is 117 Å². The number of carbonyl (C=O) groups is 1. The summed E-state index contributed by atoms with van der Waals surface area (Å²) < 4.78 is 11.5. The van der Waals surface area contributed by atoms with Gasteiger partial charge in [0.2, 0.25) is 11.7 Å². The van der Waals surface area contributed by atoms with Crippen molar-refractivity contribution in [2.45, 2.75) is 30.8 Å². The van der Waals surface area contributed by atoms with E-state index in [2.05, 4.69) is 25.7 Å². The van der Waals surface area contributed by atoms with Crippen molar-refractivity contribution >= 4 is 40.8 Å². The summed E-state index contributed by atoms with van der Waals surface area (Å²) in [7, 11) is 0. The zero-order valence-electron chi connectivity index (χ0n) is 18.8. The Labute approximate surface area is 196 Å². The molecule has 0 aliphatic carbocycles. The SMILES string of the molecule is CCOc1c(Nc2cc(C)[nH]n2)nc(Sc2ccc(NC(C)=O)cc2)nc1N1CCOCC1. The molecule has 174 valence electrons. The number of morpholine rings is 1. The molecule has 4 rings (SSSR count). The number of hydrogen-bond acceptors (Lipinski definition) is 9. The summed E-state index contributed by atoms with van der Waals surface area (Å²) in [6, 6.07) is 9.46. The lowest BCUT2D eigenvalue weighted by Gasteiger charge is -2.30. The highest BCUT2D eigenvalue weighted by molar-refractivity contribution is 7.99. The second-order valence-electron chi connectivity index (χ2n) is 7.41. The van der Waals surface area contributed by atoms with Crippen LogP contribution in [0, 0.1) is 6.92 Å². The standard InChI is InChI=1S/C22H27N7O3S/c1-4-32-19-20(24-18-13-14(2)27-28-18)25-22(26-21(19)29-9-11-31-12-10-29)33-17-7-5-16(6-8-17)23-15(3)30/h5-8,13H,4,9-12H2,1-3H3,(H,23,30)(H2,24,25,26,27,28). The van der Waals surface area contributed by atoms with Crippen LogP contribution in [0.3, 0.4) is 0 Å². The fourth-order valence-electron chi connectivity index (χ4n) is 3.33. The Hall–Kier alpha value is -3.31. The predicted molar refractivity (Wildman–Crippen MR) is 128 cm³/mol. The minimum atomic E-state index is -0.107. The number of benzene rings is 1. The first kappa shape index (κ1) is 22.9. The van der Waals surface area contributed by atoms with Gasteiger partial charge in [-0.2, -0.15) is 5.10 Å². The van der Waals surface area contributed by atoms with Crippen molar-refractivity contribution in [1.29, 1.82) is 0 Å². The molecule has 1 amide bonds. The van der Waals surface area contributed by atoms with Crippen molar-refractivity contribution in [2.75, 3.05) is 48.4 Å². The van der Waals surface area contributed by atoms with Crippen LogP contribution in [-0.4, -0.2) is 59.0 Å². The third-order valence-electron chi connectivity index (χ3n) is 4.76. The van der Waals surface area contributed by atoms with Crippen molar-refractivity contribution in [3.63, 3.8) is 0 Å². The maximum absolute atomic E-state index is 11.3. The van der Waals surface area contributed by atoms with E-state index in [1.807, 2.05) is 44.2 Å². The summed E-state index contributed by atoms with van der Waals surface area (Å²) in [5.74, 6) is 2.41. The maximum atomic E-state index is 11.3. The number of nitrogens with zero attached hydrogens (tertiary/aromatic N) is 4. The first-order valence-corrected chi connectivity index (χ1v) is 11.6. The van der Waals surface area contributed by atoms with Crippen molar-refractivity contribution in [2.24, 2.45) is 0 Å². The molecule has 3 N–H and O–H groups in total. The Kier molecular flexibility index (Phi) is 7.30. The molecule has 33 heavy (non-hydrogen) atoms. The lowest BCUT2D eigenvalue weighted by Crippen LogP contribution is -2.37. The van der Waals surface area contributed by atoms with E-state index in [0.717, 1.165) is 22.1 Å². The minimum absolute atomic E-state index is 0.107. The first-order chi connectivity index (χ1) is 16.0. The molecule has 1 aromatic carbocycles. The van der Waals surface area contributed by atoms with Crippen LogP contribution in [0.25, 0.3) is 0 Å². The third kappa shape index (κ3) is 5.93. The van der Waals surface area contributed by atoms with Crippen LogP contribution in [0.5, 0.6) is 5.75 Å². The van der Waals surface area contributed by atoms with E-state index in [0.29, 0.717) is 55.5 Å². The van der Waals surface area contributed by atoms with E-state index in [4.69, 9.17) is 19.4 Å². The van der Waals surface area contributed by atoms with Crippen LogP contribution in [0.2, 0.25) is 0 Å². The zero-order chi connectivity index (χ0) is 23.2. The van der Waals surface area contributed by atoms with Gasteiger partial charge in [0.25, 0.3) is 0 Å². The van der Waals surface area contributed by atoms with Crippen LogP contribution in [0.4, 0.5) is 23.1 Å². The van der Waals surface area contributed by atoms with Gasteiger partial charge in [-0.05, 0) is 49.9 Å². The van der Waals surface area contributed by atoms with Crippen LogP contribution in [0.1, 0.15) is 19.5 Å². The molecule has 0 unspecified atom stereocenters. The number of H-pyrrole nitrogens is 1. The fourth-order valence-corrected chi connectivity index (χ4v) is 4.09. The number of anilines is 4. The number of carbonyl (C=O) groups excluding carboxylic acids is 1. The smallest absolute Gasteiger partial charge is 0.221 e. The minimum Gasteiger partial charge on any atom is -0.487 e. The Bertz CT molecular complexity index is 1100. The molecule has 1 saturated heterocycles. The van der Waals surface area contributed by atoms with Crippen LogP contribution in [0.15, 0.2) is 40.4 Å². The van der Waals surface area contributed by atoms with E-state index in [-0.39, 0.29) is 5.91 Å². The average Bonchev–Trinajstić information content (AvgIpc) is 3.21. The number of amides is 1. The van der Waals surface area contributed by atoms with E-state index in [1.54, 1.807) is 0 Å². The number of aromatic amines is 1. The number of nitrogens with one attached hydrogen (secondary N) is 3. The Morgan fingerprint density at radius 2 is 2.00 bits per heavy atom. The van der Waals surface area contributed by atoms with E-state index >= 15 is 0 Å². The van der Waals surface area contributed by atoms with Gasteiger partial charge >= 0.3 is 0 Å². The molecule has 0 atom stereocenters. The molecular weight excluding hydrogens is 442 g/mol. The van der Waals surface area contributed by atoms with Crippen molar-refractivity contribution in [3.8, 4) is 5.75 Å². The lowest BCUT2D eigenvalue weighted by molar-refractivity contribution is -0.114. The van der Waals surface area contributed by atoms with Crippen molar-refractivity contribution in [1.82, 2.24) is 20.2 Å². The van der Waals surface area contributed by atoms with Crippen molar-refractivity contribution < 1.29 is 14.3 Å². The summed E-state index contributed by atoms with van der Waals surface area (Å²) in [4.78, 5) is 24.0. The quantitative estimate of drug-likeness (QED) is 0.425. The molecule has 1 aliphatic heterocycles. The highest BCUT2D eigenvalue weighted by Crippen LogP contribution is 2.38. The molecule has 3 aromatic rings. The average molecular weight is 470 g/mol. The summed E-state index contributed by atoms with van der Waals surface area (Å²) in [6.45, 7) is 8.53. The number of aryl methyl sites for hydroxylation is 1. The largest absolute Gasteiger partial charge is 0.487 e. The van der Waals surface area contributed by atoms with E-state index in [9.17, 15) is 4.79 Å². The highest BCUT2D eigenvalue weighted by Gasteiger charge is 2.24. The van der Waals surface area contributed by atoms with Gasteiger partial charge in [0.1, 0.15) is 0 Å². The van der Waals surface area contributed by atoms with Crippen LogP contribution < -0.4 is 20.3 Å². The molecule has 2 aromatic heterocycles. The first-order valence-electron chi connectivity index (χ1n) is 10.7. The Morgan fingerprint density at radius 1 is 1.24 bits per heavy atom. The number of ether oxygens (including phenoxy) is 2. The number of aromatic nitrogens is 4. The predicted octanol–water partition coefficient (Wildman–Crippen LogP) is 3.60. The van der Waals surface area contributed by atoms with E-state index < -0.39 is 0 Å². The second-order valence-corrected chi connectivity index (χ2v) is 8.45. The summed E-state index contributed by atoms with van der Waals surface area (Å²) in [5, 5.41) is 13.8. The Morgan fingerprint density at radius 3 is 2.64 bits per heavy atom. The zero-order valence-corrected chi connectivity index (χ0v) is 19.7. The third-order valence-corrected chi connectivity index (χ3v) is 5.64. The molecule has 11 heteroatoms. The van der Waals surface area contributed by atoms with Gasteiger partial charge < -0.3 is 25.0 Å². The summed E-state index contributed by atoms with van der Waals surface area (Å²) in [5.41, 5.74) is 1.68. The van der Waals surface area contributed by atoms with Gasteiger partial charge in [-0.1, -0.05) is 0 Å². The van der Waals surface area contributed by atoms with Crippen molar-refractivity contribution in [3.05, 3.63) is 36.0 Å². The summed E-state index contributed by atoms with van der Waals surface area (Å²) >= 11 is 1.43. The molecule has 0 saturated carbocycles. The molecule has 10 nitrogen and oxygen atoms in total. The number of rotatable bonds is 8. The van der Waals surface area contributed by atoms with Crippen LogP contribution in [-0.2, 0) is 9.53 Å². The van der Waals surface area contributed by atoms with Gasteiger partial charge in [0.15, 0.2) is 22.6 Å². The van der Waals surface area contributed by atoms with Gasteiger partial charge in [-0.25, -0.2) is 9.97 Å². The molecular formula is C22H27N7O3S. The number of hydrogen-bond donors (Lipinski definition) is 3. The van der Waals surface area contributed by atoms with Gasteiger partial charge in [0, 0.05) is 42.4 Å². The van der Waals surface area contributed by atoms with Crippen LogP contribution >= 0.6 is 11.8 Å². The molecule has 1 fully saturated rings. The fraction of sp³-hybridized carbons (Fsp3) is 0.364. The second kappa shape index (κ2) is 10.5. The van der Waals surface area contributed by atoms with E-state index in [1.165, 1.54) is 18.7 Å². The lowest BCUT2D eigenvalue weighted by atomic mass is 10.3. The monoisotopic (exact) mass is 469 g/mol. The van der Waals surface area contributed by atoms with Gasteiger partial charge in [0.05, 0.1) is 19.8 Å². The molecule has 0 bridgehead atoms.